The molecule has 0 fully saturated rings. The van der Waals surface area contributed by atoms with Gasteiger partial charge in [0.1, 0.15) is 6.33 Å². The monoisotopic (exact) mass is 233 g/mol. The van der Waals surface area contributed by atoms with E-state index in [9.17, 15) is 0 Å². The van der Waals surface area contributed by atoms with E-state index in [1.165, 1.54) is 11.9 Å². The maximum Gasteiger partial charge on any atom is 0.115 e. The topological polar surface area (TPSA) is 37.8 Å². The summed E-state index contributed by atoms with van der Waals surface area (Å²) in [6.07, 6.45) is 5.14. The third-order valence-electron chi connectivity index (χ3n) is 2.16. The van der Waals surface area contributed by atoms with Crippen LogP contribution in [0.3, 0.4) is 0 Å². The first-order valence-corrected chi connectivity index (χ1v) is 5.41. The maximum absolute atomic E-state index is 5.89. The Morgan fingerprint density at radius 1 is 1.06 bits per heavy atom. The highest BCUT2D eigenvalue weighted by molar-refractivity contribution is 6.30. The zero-order chi connectivity index (χ0) is 11.2. The molecule has 0 bridgehead atoms. The SMILES string of the molecule is Clc1cccc(CNCc2cncnc2)c1. The van der Waals surface area contributed by atoms with Gasteiger partial charge in [0.25, 0.3) is 0 Å². The molecule has 0 unspecified atom stereocenters. The normalized spacial score (nSPS) is 10.3. The van der Waals surface area contributed by atoms with Crippen molar-refractivity contribution < 1.29 is 0 Å². The van der Waals surface area contributed by atoms with Gasteiger partial charge in [-0.3, -0.25) is 0 Å². The Hall–Kier alpha value is -1.45. The van der Waals surface area contributed by atoms with Gasteiger partial charge in [0.15, 0.2) is 0 Å². The third-order valence-corrected chi connectivity index (χ3v) is 2.40. The van der Waals surface area contributed by atoms with E-state index in [0.717, 1.165) is 23.7 Å². The zero-order valence-electron chi connectivity index (χ0n) is 8.73. The van der Waals surface area contributed by atoms with Gasteiger partial charge in [0.2, 0.25) is 0 Å². The number of hydrogen-bond donors (Lipinski definition) is 1. The van der Waals surface area contributed by atoms with Crippen molar-refractivity contribution in [3.63, 3.8) is 0 Å². The molecule has 16 heavy (non-hydrogen) atoms. The average Bonchev–Trinajstić information content (AvgIpc) is 2.30. The smallest absolute Gasteiger partial charge is 0.115 e. The second kappa shape index (κ2) is 5.58. The third kappa shape index (κ3) is 3.29. The predicted molar refractivity (Wildman–Crippen MR) is 64.0 cm³/mol. The Bertz CT molecular complexity index is 445. The molecule has 0 aliphatic rings. The molecule has 0 atom stereocenters. The molecule has 2 rings (SSSR count). The molecule has 0 saturated carbocycles. The summed E-state index contributed by atoms with van der Waals surface area (Å²) in [5.41, 5.74) is 2.24. The largest absolute Gasteiger partial charge is 0.309 e. The fraction of sp³-hybridized carbons (Fsp3) is 0.167. The molecule has 1 heterocycles. The molecule has 0 spiro atoms. The van der Waals surface area contributed by atoms with Crippen LogP contribution in [0.4, 0.5) is 0 Å². The quantitative estimate of drug-likeness (QED) is 0.882. The van der Waals surface area contributed by atoms with E-state index < -0.39 is 0 Å². The molecule has 3 nitrogen and oxygen atoms in total. The highest BCUT2D eigenvalue weighted by Gasteiger charge is 1.95. The number of nitrogens with one attached hydrogen (secondary N) is 1. The molecule has 1 aromatic carbocycles. The summed E-state index contributed by atoms with van der Waals surface area (Å²) in [7, 11) is 0. The van der Waals surface area contributed by atoms with Crippen LogP contribution in [0.15, 0.2) is 43.0 Å². The van der Waals surface area contributed by atoms with E-state index in [2.05, 4.69) is 15.3 Å². The van der Waals surface area contributed by atoms with Crippen molar-refractivity contribution in [2.75, 3.05) is 0 Å². The number of hydrogen-bond acceptors (Lipinski definition) is 3. The van der Waals surface area contributed by atoms with Gasteiger partial charge in [-0.25, -0.2) is 9.97 Å². The molecule has 4 heteroatoms. The molecule has 0 aliphatic carbocycles. The van der Waals surface area contributed by atoms with Crippen molar-refractivity contribution in [1.82, 2.24) is 15.3 Å². The van der Waals surface area contributed by atoms with Gasteiger partial charge in [0, 0.05) is 36.1 Å². The minimum Gasteiger partial charge on any atom is -0.309 e. The number of aromatic nitrogens is 2. The van der Waals surface area contributed by atoms with Crippen LogP contribution in [-0.2, 0) is 13.1 Å². The Morgan fingerprint density at radius 2 is 1.81 bits per heavy atom. The summed E-state index contributed by atoms with van der Waals surface area (Å²) in [6.45, 7) is 1.54. The number of benzene rings is 1. The molecule has 82 valence electrons. The number of nitrogens with zero attached hydrogens (tertiary/aromatic N) is 2. The first-order chi connectivity index (χ1) is 7.84. The van der Waals surface area contributed by atoms with Gasteiger partial charge in [0.05, 0.1) is 0 Å². The van der Waals surface area contributed by atoms with Gasteiger partial charge in [-0.2, -0.15) is 0 Å². The summed E-state index contributed by atoms with van der Waals surface area (Å²) >= 11 is 5.89. The number of halogens is 1. The van der Waals surface area contributed by atoms with Crippen molar-refractivity contribution in [3.05, 3.63) is 59.1 Å². The van der Waals surface area contributed by atoms with Crippen LogP contribution in [0.25, 0.3) is 0 Å². The molecule has 1 aromatic heterocycles. The van der Waals surface area contributed by atoms with E-state index in [-0.39, 0.29) is 0 Å². The van der Waals surface area contributed by atoms with Crippen molar-refractivity contribution >= 4 is 11.6 Å². The molecular formula is C12H12ClN3. The van der Waals surface area contributed by atoms with Crippen LogP contribution in [0.5, 0.6) is 0 Å². The summed E-state index contributed by atoms with van der Waals surface area (Å²) in [5, 5.41) is 4.07. The van der Waals surface area contributed by atoms with E-state index >= 15 is 0 Å². The Balaban J connectivity index is 1.85. The van der Waals surface area contributed by atoms with Crippen LogP contribution >= 0.6 is 11.6 Å². The van der Waals surface area contributed by atoms with E-state index in [0.29, 0.717) is 0 Å². The number of rotatable bonds is 4. The minimum atomic E-state index is 0.757. The van der Waals surface area contributed by atoms with Crippen LogP contribution in [0.2, 0.25) is 5.02 Å². The van der Waals surface area contributed by atoms with Crippen molar-refractivity contribution in [3.8, 4) is 0 Å². The average molecular weight is 234 g/mol. The molecule has 0 amide bonds. The first kappa shape index (κ1) is 11.0. The fourth-order valence-corrected chi connectivity index (χ4v) is 1.63. The Morgan fingerprint density at radius 3 is 2.56 bits per heavy atom. The van der Waals surface area contributed by atoms with Crippen LogP contribution < -0.4 is 5.32 Å². The second-order valence-electron chi connectivity index (χ2n) is 3.48. The van der Waals surface area contributed by atoms with Gasteiger partial charge >= 0.3 is 0 Å². The first-order valence-electron chi connectivity index (χ1n) is 5.03. The lowest BCUT2D eigenvalue weighted by Gasteiger charge is -2.04. The highest BCUT2D eigenvalue weighted by atomic mass is 35.5. The summed E-state index contributed by atoms with van der Waals surface area (Å²) in [4.78, 5) is 7.90. The van der Waals surface area contributed by atoms with Crippen LogP contribution in [0, 0.1) is 0 Å². The molecule has 1 N–H and O–H groups in total. The lowest BCUT2D eigenvalue weighted by molar-refractivity contribution is 0.689. The van der Waals surface area contributed by atoms with Gasteiger partial charge in [-0.1, -0.05) is 23.7 Å². The lowest BCUT2D eigenvalue weighted by atomic mass is 10.2. The summed E-state index contributed by atoms with van der Waals surface area (Å²) in [5.74, 6) is 0. The van der Waals surface area contributed by atoms with Crippen molar-refractivity contribution in [1.29, 1.82) is 0 Å². The predicted octanol–water partition coefficient (Wildman–Crippen LogP) is 2.42. The van der Waals surface area contributed by atoms with Crippen molar-refractivity contribution in [2.24, 2.45) is 0 Å². The van der Waals surface area contributed by atoms with Gasteiger partial charge in [-0.15, -0.1) is 0 Å². The maximum atomic E-state index is 5.89. The van der Waals surface area contributed by atoms with E-state index in [4.69, 9.17) is 11.6 Å². The van der Waals surface area contributed by atoms with Gasteiger partial charge in [-0.05, 0) is 17.7 Å². The van der Waals surface area contributed by atoms with Crippen molar-refractivity contribution in [2.45, 2.75) is 13.1 Å². The standard InChI is InChI=1S/C12H12ClN3/c13-12-3-1-2-10(4-12)5-14-6-11-7-15-9-16-8-11/h1-4,7-9,14H,5-6H2. The van der Waals surface area contributed by atoms with Crippen LogP contribution in [0.1, 0.15) is 11.1 Å². The second-order valence-corrected chi connectivity index (χ2v) is 3.92. The molecule has 0 radical (unpaired) electrons. The molecule has 0 aliphatic heterocycles. The molecule has 0 saturated heterocycles. The van der Waals surface area contributed by atoms with Crippen LogP contribution in [-0.4, -0.2) is 9.97 Å². The fourth-order valence-electron chi connectivity index (χ4n) is 1.42. The highest BCUT2D eigenvalue weighted by Crippen LogP contribution is 2.10. The summed E-state index contributed by atoms with van der Waals surface area (Å²) < 4.78 is 0. The lowest BCUT2D eigenvalue weighted by Crippen LogP contribution is -2.12. The molecule has 2 aromatic rings. The Kier molecular flexibility index (Phi) is 3.86. The van der Waals surface area contributed by atoms with E-state index in [1.54, 1.807) is 12.4 Å². The van der Waals surface area contributed by atoms with E-state index in [1.807, 2.05) is 24.3 Å². The zero-order valence-corrected chi connectivity index (χ0v) is 9.48. The Labute approximate surface area is 99.5 Å². The molecular weight excluding hydrogens is 222 g/mol. The minimum absolute atomic E-state index is 0.757. The van der Waals surface area contributed by atoms with Gasteiger partial charge < -0.3 is 5.32 Å². The summed E-state index contributed by atoms with van der Waals surface area (Å²) in [6, 6.07) is 7.82.